The van der Waals surface area contributed by atoms with Gasteiger partial charge in [0.15, 0.2) is 0 Å². The Morgan fingerprint density at radius 1 is 1.05 bits per heavy atom. The molecular weight excluding hydrogens is 266 g/mol. The minimum atomic E-state index is 0.322. The van der Waals surface area contributed by atoms with Crippen molar-refractivity contribution in [1.82, 2.24) is 14.9 Å². The predicted molar refractivity (Wildman–Crippen MR) is 85.2 cm³/mol. The SMILES string of the molecule is CCNC(Cc1ccc(CC)cc1)c1snnc1CC. The number of aryl methyl sites for hydroxylation is 2. The molecule has 4 heteroatoms. The molecule has 20 heavy (non-hydrogen) atoms. The molecule has 1 unspecified atom stereocenters. The average Bonchev–Trinajstić information content (AvgIpc) is 2.96. The zero-order valence-corrected chi connectivity index (χ0v) is 13.3. The van der Waals surface area contributed by atoms with E-state index in [9.17, 15) is 0 Å². The molecule has 0 aliphatic carbocycles. The second-order valence-electron chi connectivity index (χ2n) is 4.92. The molecule has 1 atom stereocenters. The predicted octanol–water partition coefficient (Wildman–Crippen LogP) is 3.56. The van der Waals surface area contributed by atoms with Crippen molar-refractivity contribution in [2.75, 3.05) is 6.54 Å². The molecule has 2 aromatic rings. The fourth-order valence-corrected chi connectivity index (χ4v) is 3.19. The maximum atomic E-state index is 4.24. The van der Waals surface area contributed by atoms with E-state index in [1.807, 2.05) is 0 Å². The summed E-state index contributed by atoms with van der Waals surface area (Å²) in [7, 11) is 0. The van der Waals surface area contributed by atoms with Crippen LogP contribution in [0.5, 0.6) is 0 Å². The fourth-order valence-electron chi connectivity index (χ4n) is 2.38. The largest absolute Gasteiger partial charge is 0.309 e. The van der Waals surface area contributed by atoms with Crippen molar-refractivity contribution < 1.29 is 0 Å². The molecule has 108 valence electrons. The van der Waals surface area contributed by atoms with E-state index in [-0.39, 0.29) is 0 Å². The van der Waals surface area contributed by atoms with E-state index in [0.29, 0.717) is 6.04 Å². The van der Waals surface area contributed by atoms with Crippen LogP contribution in [-0.4, -0.2) is 16.1 Å². The summed E-state index contributed by atoms with van der Waals surface area (Å²) >= 11 is 1.53. The molecule has 3 nitrogen and oxygen atoms in total. The third kappa shape index (κ3) is 3.64. The second-order valence-corrected chi connectivity index (χ2v) is 5.71. The molecule has 0 saturated carbocycles. The van der Waals surface area contributed by atoms with E-state index in [4.69, 9.17) is 0 Å². The molecule has 1 heterocycles. The summed E-state index contributed by atoms with van der Waals surface area (Å²) in [6.07, 6.45) is 3.03. The van der Waals surface area contributed by atoms with Gasteiger partial charge < -0.3 is 5.32 Å². The molecule has 0 spiro atoms. The summed E-state index contributed by atoms with van der Waals surface area (Å²) in [6.45, 7) is 7.43. The minimum Gasteiger partial charge on any atom is -0.309 e. The van der Waals surface area contributed by atoms with Crippen LogP contribution >= 0.6 is 11.5 Å². The summed E-state index contributed by atoms with van der Waals surface area (Å²) in [5, 5.41) is 7.80. The van der Waals surface area contributed by atoms with Gasteiger partial charge in [0.25, 0.3) is 0 Å². The third-order valence-electron chi connectivity index (χ3n) is 3.56. The minimum absolute atomic E-state index is 0.322. The highest BCUT2D eigenvalue weighted by molar-refractivity contribution is 7.05. The Morgan fingerprint density at radius 2 is 1.75 bits per heavy atom. The molecule has 1 aromatic carbocycles. The number of hydrogen-bond donors (Lipinski definition) is 1. The molecule has 0 amide bonds. The van der Waals surface area contributed by atoms with Gasteiger partial charge in [0.2, 0.25) is 0 Å². The first-order valence-electron chi connectivity index (χ1n) is 7.40. The maximum absolute atomic E-state index is 4.24. The summed E-state index contributed by atoms with van der Waals surface area (Å²) in [6, 6.07) is 9.25. The number of nitrogens with zero attached hydrogens (tertiary/aromatic N) is 2. The molecule has 0 aliphatic heterocycles. The monoisotopic (exact) mass is 289 g/mol. The Hall–Kier alpha value is -1.26. The number of aromatic nitrogens is 2. The number of nitrogens with one attached hydrogen (secondary N) is 1. The topological polar surface area (TPSA) is 37.8 Å². The smallest absolute Gasteiger partial charge is 0.0801 e. The first-order chi connectivity index (χ1) is 9.78. The highest BCUT2D eigenvalue weighted by Crippen LogP contribution is 2.24. The standard InChI is InChI=1S/C16H23N3S/c1-4-12-7-9-13(10-8-12)11-15(17-6-3)16-14(5-2)18-19-20-16/h7-10,15,17H,4-6,11H2,1-3H3. The molecule has 0 bridgehead atoms. The van der Waals surface area contributed by atoms with Crippen LogP contribution in [0.4, 0.5) is 0 Å². The van der Waals surface area contributed by atoms with Crippen molar-refractivity contribution in [2.45, 2.75) is 46.1 Å². The summed E-state index contributed by atoms with van der Waals surface area (Å²) < 4.78 is 4.12. The van der Waals surface area contributed by atoms with Crippen LogP contribution in [0.1, 0.15) is 48.5 Å². The molecule has 0 aliphatic rings. The van der Waals surface area contributed by atoms with E-state index in [1.54, 1.807) is 0 Å². The van der Waals surface area contributed by atoms with Gasteiger partial charge >= 0.3 is 0 Å². The van der Waals surface area contributed by atoms with Gasteiger partial charge in [-0.05, 0) is 48.5 Å². The number of benzene rings is 1. The number of rotatable bonds is 7. The first-order valence-corrected chi connectivity index (χ1v) is 8.18. The lowest BCUT2D eigenvalue weighted by Gasteiger charge is -2.17. The second kappa shape index (κ2) is 7.50. The highest BCUT2D eigenvalue weighted by Gasteiger charge is 2.18. The van der Waals surface area contributed by atoms with Crippen molar-refractivity contribution in [2.24, 2.45) is 0 Å². The average molecular weight is 289 g/mol. The van der Waals surface area contributed by atoms with E-state index in [0.717, 1.165) is 31.5 Å². The van der Waals surface area contributed by atoms with E-state index in [2.05, 4.69) is 59.9 Å². The van der Waals surface area contributed by atoms with Gasteiger partial charge in [-0.2, -0.15) is 0 Å². The summed E-state index contributed by atoms with van der Waals surface area (Å²) in [4.78, 5) is 1.29. The van der Waals surface area contributed by atoms with Crippen LogP contribution in [0.25, 0.3) is 0 Å². The molecule has 1 aromatic heterocycles. The fraction of sp³-hybridized carbons (Fsp3) is 0.500. The molecule has 0 radical (unpaired) electrons. The molecule has 1 N–H and O–H groups in total. The summed E-state index contributed by atoms with van der Waals surface area (Å²) in [5.74, 6) is 0. The van der Waals surface area contributed by atoms with Crippen LogP contribution in [0.15, 0.2) is 24.3 Å². The first kappa shape index (κ1) is 15.1. The zero-order valence-electron chi connectivity index (χ0n) is 12.5. The van der Waals surface area contributed by atoms with E-state index in [1.165, 1.54) is 27.5 Å². The Labute approximate surface area is 125 Å². The lowest BCUT2D eigenvalue weighted by atomic mass is 10.0. The lowest BCUT2D eigenvalue weighted by molar-refractivity contribution is 0.553. The Kier molecular flexibility index (Phi) is 5.68. The molecule has 2 rings (SSSR count). The van der Waals surface area contributed by atoms with Gasteiger partial charge in [-0.25, -0.2) is 0 Å². The highest BCUT2D eigenvalue weighted by atomic mass is 32.1. The third-order valence-corrected chi connectivity index (χ3v) is 4.44. The maximum Gasteiger partial charge on any atom is 0.0801 e. The lowest BCUT2D eigenvalue weighted by Crippen LogP contribution is -2.23. The van der Waals surface area contributed by atoms with Crippen molar-refractivity contribution in [3.05, 3.63) is 46.0 Å². The van der Waals surface area contributed by atoms with Crippen LogP contribution < -0.4 is 5.32 Å². The van der Waals surface area contributed by atoms with Crippen molar-refractivity contribution in [3.8, 4) is 0 Å². The number of likely N-dealkylation sites (N-methyl/N-ethyl adjacent to an activating group) is 1. The normalized spacial score (nSPS) is 12.6. The molecule has 0 saturated heterocycles. The molecule has 0 fully saturated rings. The molecular formula is C16H23N3S. The van der Waals surface area contributed by atoms with Gasteiger partial charge in [-0.1, -0.05) is 49.5 Å². The van der Waals surface area contributed by atoms with Gasteiger partial charge in [0.05, 0.1) is 10.6 Å². The van der Waals surface area contributed by atoms with Crippen LogP contribution in [-0.2, 0) is 19.3 Å². The Balaban J connectivity index is 2.16. The Bertz CT molecular complexity index is 519. The van der Waals surface area contributed by atoms with Gasteiger partial charge in [-0.15, -0.1) is 5.10 Å². The summed E-state index contributed by atoms with van der Waals surface area (Å²) in [5.41, 5.74) is 3.89. The quantitative estimate of drug-likeness (QED) is 0.847. The van der Waals surface area contributed by atoms with E-state index < -0.39 is 0 Å². The van der Waals surface area contributed by atoms with Crippen LogP contribution in [0, 0.1) is 0 Å². The van der Waals surface area contributed by atoms with Crippen molar-refractivity contribution >= 4 is 11.5 Å². The Morgan fingerprint density at radius 3 is 2.35 bits per heavy atom. The van der Waals surface area contributed by atoms with Gasteiger partial charge in [-0.3, -0.25) is 0 Å². The van der Waals surface area contributed by atoms with Crippen LogP contribution in [0.3, 0.4) is 0 Å². The van der Waals surface area contributed by atoms with Crippen molar-refractivity contribution in [3.63, 3.8) is 0 Å². The van der Waals surface area contributed by atoms with E-state index >= 15 is 0 Å². The van der Waals surface area contributed by atoms with Crippen molar-refractivity contribution in [1.29, 1.82) is 0 Å². The van der Waals surface area contributed by atoms with Gasteiger partial charge in [0, 0.05) is 6.04 Å². The number of hydrogen-bond acceptors (Lipinski definition) is 4. The van der Waals surface area contributed by atoms with Gasteiger partial charge in [0.1, 0.15) is 0 Å². The van der Waals surface area contributed by atoms with Crippen LogP contribution in [0.2, 0.25) is 0 Å². The zero-order chi connectivity index (χ0) is 14.4.